The van der Waals surface area contributed by atoms with Gasteiger partial charge in [-0.1, -0.05) is 85.0 Å². The van der Waals surface area contributed by atoms with Gasteiger partial charge in [0.05, 0.1) is 5.60 Å². The third-order valence-electron chi connectivity index (χ3n) is 4.13. The molecule has 0 fully saturated rings. The first-order valence-corrected chi connectivity index (χ1v) is 9.41. The maximum Gasteiger partial charge on any atom is 0.0743 e. The number of unbranched alkanes of at least 4 members (excludes halogenated alkanes) is 9. The van der Waals surface area contributed by atoms with Gasteiger partial charge >= 0.3 is 0 Å². The molecule has 2 heteroatoms. The lowest BCUT2D eigenvalue weighted by atomic mass is 9.97. The Labute approximate surface area is 134 Å². The second kappa shape index (κ2) is 13.6. The molecule has 0 aromatic carbocycles. The summed E-state index contributed by atoms with van der Waals surface area (Å²) < 4.78 is 0. The molecule has 1 atom stereocenters. The molecule has 0 aromatic heterocycles. The van der Waals surface area contributed by atoms with Crippen LogP contribution < -0.4 is 5.32 Å². The van der Waals surface area contributed by atoms with E-state index in [0.29, 0.717) is 5.92 Å². The van der Waals surface area contributed by atoms with Crippen LogP contribution >= 0.6 is 0 Å². The highest BCUT2D eigenvalue weighted by Crippen LogP contribution is 2.16. The Balaban J connectivity index is 3.32. The number of aliphatic hydroxyl groups is 1. The summed E-state index contributed by atoms with van der Waals surface area (Å²) in [7, 11) is 0. The molecule has 0 amide bonds. The average molecular weight is 300 g/mol. The minimum Gasteiger partial charge on any atom is -0.389 e. The van der Waals surface area contributed by atoms with Gasteiger partial charge in [0.2, 0.25) is 0 Å². The molecule has 0 heterocycles. The molecule has 0 spiro atoms. The average Bonchev–Trinajstić information content (AvgIpc) is 2.40. The molecular formula is C19H41NO. The van der Waals surface area contributed by atoms with Crippen molar-refractivity contribution in [2.75, 3.05) is 13.1 Å². The smallest absolute Gasteiger partial charge is 0.0743 e. The third-order valence-corrected chi connectivity index (χ3v) is 4.13. The van der Waals surface area contributed by atoms with Crippen LogP contribution in [0.5, 0.6) is 0 Å². The van der Waals surface area contributed by atoms with Gasteiger partial charge in [0.1, 0.15) is 0 Å². The summed E-state index contributed by atoms with van der Waals surface area (Å²) >= 11 is 0. The highest BCUT2D eigenvalue weighted by molar-refractivity contribution is 4.75. The van der Waals surface area contributed by atoms with Crippen molar-refractivity contribution in [3.05, 3.63) is 0 Å². The van der Waals surface area contributed by atoms with E-state index >= 15 is 0 Å². The van der Waals surface area contributed by atoms with Gasteiger partial charge < -0.3 is 10.4 Å². The Kier molecular flexibility index (Phi) is 13.5. The topological polar surface area (TPSA) is 32.3 Å². The molecule has 0 aliphatic heterocycles. The normalized spacial score (nSPS) is 14.6. The lowest BCUT2D eigenvalue weighted by Crippen LogP contribution is -2.39. The Bertz CT molecular complexity index is 214. The van der Waals surface area contributed by atoms with Gasteiger partial charge in [0, 0.05) is 6.54 Å². The van der Waals surface area contributed by atoms with Crippen molar-refractivity contribution < 1.29 is 5.11 Å². The fraction of sp³-hybridized carbons (Fsp3) is 1.00. The fourth-order valence-electron chi connectivity index (χ4n) is 2.71. The van der Waals surface area contributed by atoms with Crippen LogP contribution in [0.15, 0.2) is 0 Å². The Morgan fingerprint density at radius 2 is 1.33 bits per heavy atom. The van der Waals surface area contributed by atoms with Crippen LogP contribution in [0, 0.1) is 5.92 Å². The minimum atomic E-state index is -0.533. The van der Waals surface area contributed by atoms with Gasteiger partial charge in [-0.2, -0.15) is 0 Å². The molecule has 0 aromatic rings. The van der Waals surface area contributed by atoms with Gasteiger partial charge in [-0.05, 0) is 25.8 Å². The number of hydrogen-bond acceptors (Lipinski definition) is 2. The van der Waals surface area contributed by atoms with Crippen molar-refractivity contribution in [1.29, 1.82) is 0 Å². The largest absolute Gasteiger partial charge is 0.389 e. The summed E-state index contributed by atoms with van der Waals surface area (Å²) in [6.45, 7) is 10.4. The molecule has 128 valence electrons. The van der Waals surface area contributed by atoms with Crippen LogP contribution in [0.3, 0.4) is 0 Å². The van der Waals surface area contributed by atoms with E-state index in [1.54, 1.807) is 0 Å². The fourth-order valence-corrected chi connectivity index (χ4v) is 2.71. The van der Waals surface area contributed by atoms with E-state index in [4.69, 9.17) is 0 Å². The molecule has 0 bridgehead atoms. The summed E-state index contributed by atoms with van der Waals surface area (Å²) in [6.07, 6.45) is 14.5. The second-order valence-corrected chi connectivity index (χ2v) is 7.45. The summed E-state index contributed by atoms with van der Waals surface area (Å²) in [6, 6.07) is 0. The number of hydrogen-bond donors (Lipinski definition) is 2. The molecule has 21 heavy (non-hydrogen) atoms. The minimum absolute atomic E-state index is 0.533. The number of rotatable bonds is 15. The highest BCUT2D eigenvalue weighted by Gasteiger charge is 2.18. The third kappa shape index (κ3) is 16.1. The van der Waals surface area contributed by atoms with Gasteiger partial charge in [-0.25, -0.2) is 0 Å². The quantitative estimate of drug-likeness (QED) is 0.402. The highest BCUT2D eigenvalue weighted by atomic mass is 16.3. The molecule has 2 N–H and O–H groups in total. The van der Waals surface area contributed by atoms with Crippen molar-refractivity contribution in [2.45, 2.75) is 104 Å². The van der Waals surface area contributed by atoms with Crippen LogP contribution in [0.2, 0.25) is 0 Å². The Morgan fingerprint density at radius 1 is 0.857 bits per heavy atom. The van der Waals surface area contributed by atoms with Crippen LogP contribution in [0.1, 0.15) is 98.3 Å². The van der Waals surface area contributed by atoms with E-state index in [1.165, 1.54) is 57.8 Å². The van der Waals surface area contributed by atoms with Crippen molar-refractivity contribution in [1.82, 2.24) is 5.32 Å². The van der Waals surface area contributed by atoms with Gasteiger partial charge in [-0.15, -0.1) is 0 Å². The zero-order chi connectivity index (χ0) is 16.0. The van der Waals surface area contributed by atoms with E-state index in [1.807, 2.05) is 6.92 Å². The lowest BCUT2D eigenvalue weighted by Gasteiger charge is -2.24. The molecule has 0 radical (unpaired) electrons. The summed E-state index contributed by atoms with van der Waals surface area (Å²) in [4.78, 5) is 0. The first-order chi connectivity index (χ1) is 9.98. The van der Waals surface area contributed by atoms with Gasteiger partial charge in [-0.3, -0.25) is 0 Å². The SMILES string of the molecule is CCCCCCCCCCCCC(C)(O)CNCC(C)C. The number of nitrogens with one attached hydrogen (secondary N) is 1. The standard InChI is InChI=1S/C19H41NO/c1-5-6-7-8-9-10-11-12-13-14-15-19(4,21)17-20-16-18(2)3/h18,20-21H,5-17H2,1-4H3. The van der Waals surface area contributed by atoms with E-state index < -0.39 is 5.60 Å². The monoisotopic (exact) mass is 299 g/mol. The molecular weight excluding hydrogens is 258 g/mol. The Morgan fingerprint density at radius 3 is 1.81 bits per heavy atom. The van der Waals surface area contributed by atoms with Crippen LogP contribution in [0.4, 0.5) is 0 Å². The zero-order valence-corrected chi connectivity index (χ0v) is 15.2. The summed E-state index contributed by atoms with van der Waals surface area (Å²) in [5, 5.41) is 13.6. The first kappa shape index (κ1) is 20.9. The van der Waals surface area contributed by atoms with Crippen molar-refractivity contribution in [3.8, 4) is 0 Å². The van der Waals surface area contributed by atoms with E-state index in [2.05, 4.69) is 26.1 Å². The zero-order valence-electron chi connectivity index (χ0n) is 15.2. The molecule has 0 aliphatic rings. The van der Waals surface area contributed by atoms with E-state index in [9.17, 15) is 5.11 Å². The molecule has 0 rings (SSSR count). The maximum atomic E-state index is 10.3. The molecule has 0 aliphatic carbocycles. The van der Waals surface area contributed by atoms with Crippen LogP contribution in [-0.2, 0) is 0 Å². The van der Waals surface area contributed by atoms with Crippen molar-refractivity contribution in [2.24, 2.45) is 5.92 Å². The van der Waals surface area contributed by atoms with Crippen molar-refractivity contribution >= 4 is 0 Å². The van der Waals surface area contributed by atoms with Crippen LogP contribution in [0.25, 0.3) is 0 Å². The maximum absolute atomic E-state index is 10.3. The van der Waals surface area contributed by atoms with Gasteiger partial charge in [0.15, 0.2) is 0 Å². The molecule has 2 nitrogen and oxygen atoms in total. The second-order valence-electron chi connectivity index (χ2n) is 7.45. The van der Waals surface area contributed by atoms with Gasteiger partial charge in [0.25, 0.3) is 0 Å². The molecule has 0 saturated heterocycles. The van der Waals surface area contributed by atoms with Crippen LogP contribution in [-0.4, -0.2) is 23.8 Å². The predicted octanol–water partition coefficient (Wildman–Crippen LogP) is 5.29. The Hall–Kier alpha value is -0.0800. The van der Waals surface area contributed by atoms with E-state index in [-0.39, 0.29) is 0 Å². The lowest BCUT2D eigenvalue weighted by molar-refractivity contribution is 0.0475. The first-order valence-electron chi connectivity index (χ1n) is 9.41. The predicted molar refractivity (Wildman–Crippen MR) is 94.8 cm³/mol. The van der Waals surface area contributed by atoms with Crippen molar-refractivity contribution in [3.63, 3.8) is 0 Å². The molecule has 0 saturated carbocycles. The molecule has 1 unspecified atom stereocenters. The summed E-state index contributed by atoms with van der Waals surface area (Å²) in [5.74, 6) is 0.651. The summed E-state index contributed by atoms with van der Waals surface area (Å²) in [5.41, 5.74) is -0.533. The van der Waals surface area contributed by atoms with E-state index in [0.717, 1.165) is 25.9 Å².